The minimum atomic E-state index is -4.44. The van der Waals surface area contributed by atoms with Gasteiger partial charge in [0.2, 0.25) is 0 Å². The van der Waals surface area contributed by atoms with Gasteiger partial charge in [-0.2, -0.15) is 13.2 Å². The third kappa shape index (κ3) is 4.04. The summed E-state index contributed by atoms with van der Waals surface area (Å²) in [7, 11) is 0. The Balaban J connectivity index is 2.44. The fourth-order valence-electron chi connectivity index (χ4n) is 2.66. The molecule has 7 heteroatoms. The molecule has 4 N–H and O–H groups in total. The molecule has 0 aromatic heterocycles. The number of hydrogen-bond acceptors (Lipinski definition) is 4. The van der Waals surface area contributed by atoms with E-state index in [1.165, 1.54) is 24.3 Å². The van der Waals surface area contributed by atoms with Crippen LogP contribution >= 0.6 is 0 Å². The second-order valence-electron chi connectivity index (χ2n) is 5.71. The maximum absolute atomic E-state index is 13.0. The quantitative estimate of drug-likeness (QED) is 0.623. The highest BCUT2D eigenvalue weighted by atomic mass is 19.4. The van der Waals surface area contributed by atoms with Gasteiger partial charge in [-0.3, -0.25) is 0 Å². The van der Waals surface area contributed by atoms with Gasteiger partial charge in [0.15, 0.2) is 23.0 Å². The molecule has 0 aliphatic rings. The number of rotatable bonds is 4. The molecule has 2 rings (SSSR count). The first-order valence-corrected chi connectivity index (χ1v) is 7.19. The van der Waals surface area contributed by atoms with Crippen molar-refractivity contribution in [3.05, 3.63) is 47.5 Å². The minimum absolute atomic E-state index is 0.211. The second-order valence-corrected chi connectivity index (χ2v) is 5.71. The minimum Gasteiger partial charge on any atom is -0.504 e. The van der Waals surface area contributed by atoms with Crippen LogP contribution in [0.15, 0.2) is 36.4 Å². The summed E-state index contributed by atoms with van der Waals surface area (Å²) in [6.07, 6.45) is -5.58. The summed E-state index contributed by atoms with van der Waals surface area (Å²) in [5, 5.41) is 37.8. The summed E-state index contributed by atoms with van der Waals surface area (Å²) in [4.78, 5) is 0. The number of aromatic hydroxyl groups is 4. The van der Waals surface area contributed by atoms with Crippen LogP contribution < -0.4 is 0 Å². The van der Waals surface area contributed by atoms with Gasteiger partial charge in [0.25, 0.3) is 0 Å². The van der Waals surface area contributed by atoms with Crippen molar-refractivity contribution in [1.29, 1.82) is 0 Å². The zero-order chi connectivity index (χ0) is 18.1. The van der Waals surface area contributed by atoms with E-state index in [0.29, 0.717) is 5.56 Å². The van der Waals surface area contributed by atoms with Crippen LogP contribution in [0, 0.1) is 0 Å². The first kappa shape index (κ1) is 17.8. The molecule has 0 spiro atoms. The van der Waals surface area contributed by atoms with Crippen LogP contribution in [-0.2, 0) is 0 Å². The van der Waals surface area contributed by atoms with Gasteiger partial charge in [0.1, 0.15) is 0 Å². The summed E-state index contributed by atoms with van der Waals surface area (Å²) in [6.45, 7) is 1.56. The lowest BCUT2D eigenvalue weighted by Gasteiger charge is -2.26. The average Bonchev–Trinajstić information content (AvgIpc) is 2.49. The van der Waals surface area contributed by atoms with E-state index in [4.69, 9.17) is 0 Å². The zero-order valence-electron chi connectivity index (χ0n) is 12.7. The predicted molar refractivity (Wildman–Crippen MR) is 81.4 cm³/mol. The fourth-order valence-corrected chi connectivity index (χ4v) is 2.66. The lowest BCUT2D eigenvalue weighted by Crippen LogP contribution is -2.18. The summed E-state index contributed by atoms with van der Waals surface area (Å²) < 4.78 is 39.0. The van der Waals surface area contributed by atoms with Crippen molar-refractivity contribution >= 4 is 0 Å². The van der Waals surface area contributed by atoms with Gasteiger partial charge in [-0.15, -0.1) is 0 Å². The van der Waals surface area contributed by atoms with E-state index in [0.717, 1.165) is 12.1 Å². The van der Waals surface area contributed by atoms with Crippen LogP contribution in [0.2, 0.25) is 0 Å². The van der Waals surface area contributed by atoms with Crippen molar-refractivity contribution in [1.82, 2.24) is 0 Å². The molecule has 2 aromatic carbocycles. The lowest BCUT2D eigenvalue weighted by atomic mass is 9.80. The molecule has 0 amide bonds. The van der Waals surface area contributed by atoms with Crippen molar-refractivity contribution in [2.24, 2.45) is 0 Å². The van der Waals surface area contributed by atoms with Crippen molar-refractivity contribution in [3.8, 4) is 23.0 Å². The molecule has 2 aromatic rings. The Morgan fingerprint density at radius 2 is 1.25 bits per heavy atom. The van der Waals surface area contributed by atoms with Crippen LogP contribution in [0.25, 0.3) is 0 Å². The number of phenols is 4. The van der Waals surface area contributed by atoms with Crippen LogP contribution in [0.5, 0.6) is 23.0 Å². The van der Waals surface area contributed by atoms with Gasteiger partial charge >= 0.3 is 6.18 Å². The molecule has 4 nitrogen and oxygen atoms in total. The number of benzene rings is 2. The highest BCUT2D eigenvalue weighted by molar-refractivity contribution is 5.45. The molecule has 0 fully saturated rings. The van der Waals surface area contributed by atoms with E-state index in [1.807, 2.05) is 0 Å². The van der Waals surface area contributed by atoms with Crippen molar-refractivity contribution in [3.63, 3.8) is 0 Å². The van der Waals surface area contributed by atoms with E-state index < -0.39 is 41.7 Å². The van der Waals surface area contributed by atoms with Gasteiger partial charge in [-0.25, -0.2) is 0 Å². The Morgan fingerprint density at radius 1 is 0.792 bits per heavy atom. The van der Waals surface area contributed by atoms with Gasteiger partial charge < -0.3 is 20.4 Å². The molecule has 0 aliphatic carbocycles. The largest absolute Gasteiger partial charge is 0.504 e. The first-order chi connectivity index (χ1) is 11.1. The maximum Gasteiger partial charge on any atom is 0.389 e. The maximum atomic E-state index is 13.0. The van der Waals surface area contributed by atoms with Gasteiger partial charge in [-0.1, -0.05) is 19.1 Å². The van der Waals surface area contributed by atoms with Crippen LogP contribution in [0.4, 0.5) is 13.2 Å². The van der Waals surface area contributed by atoms with Gasteiger partial charge in [0.05, 0.1) is 6.42 Å². The van der Waals surface area contributed by atoms with E-state index in [9.17, 15) is 33.6 Å². The molecule has 130 valence electrons. The van der Waals surface area contributed by atoms with Crippen molar-refractivity contribution < 1.29 is 33.6 Å². The number of halogens is 3. The third-order valence-corrected chi connectivity index (χ3v) is 4.01. The monoisotopic (exact) mass is 342 g/mol. The fraction of sp³-hybridized carbons (Fsp3) is 0.294. The van der Waals surface area contributed by atoms with E-state index in [-0.39, 0.29) is 11.3 Å². The van der Waals surface area contributed by atoms with Crippen LogP contribution in [0.1, 0.15) is 36.3 Å². The summed E-state index contributed by atoms with van der Waals surface area (Å²) in [5.41, 5.74) is 0.620. The molecule has 0 radical (unpaired) electrons. The van der Waals surface area contributed by atoms with Gasteiger partial charge in [0, 0.05) is 0 Å². The Morgan fingerprint density at radius 3 is 1.71 bits per heavy atom. The molecule has 2 unspecified atom stereocenters. The van der Waals surface area contributed by atoms with Crippen LogP contribution in [-0.4, -0.2) is 26.6 Å². The smallest absolute Gasteiger partial charge is 0.389 e. The Hall–Kier alpha value is -2.57. The molecular formula is C17H17F3O4. The molecule has 0 saturated heterocycles. The van der Waals surface area contributed by atoms with E-state index >= 15 is 0 Å². The SMILES string of the molecule is CC(c1ccc(O)c(O)c1)C(CC(F)(F)F)c1ccc(O)c(O)c1. The molecular weight excluding hydrogens is 325 g/mol. The second kappa shape index (κ2) is 6.51. The Bertz CT molecular complexity index is 728. The molecule has 0 bridgehead atoms. The number of phenolic OH excluding ortho intramolecular Hbond substituents is 4. The van der Waals surface area contributed by atoms with Crippen molar-refractivity contribution in [2.45, 2.75) is 31.4 Å². The molecule has 0 heterocycles. The lowest BCUT2D eigenvalue weighted by molar-refractivity contribution is -0.139. The number of alkyl halides is 3. The summed E-state index contributed by atoms with van der Waals surface area (Å²) in [5.74, 6) is -3.40. The molecule has 2 atom stereocenters. The van der Waals surface area contributed by atoms with E-state index in [2.05, 4.69) is 0 Å². The molecule has 0 aliphatic heterocycles. The third-order valence-electron chi connectivity index (χ3n) is 4.01. The molecule has 0 saturated carbocycles. The Labute approximate surface area is 136 Å². The predicted octanol–water partition coefficient (Wildman–Crippen LogP) is 4.35. The van der Waals surface area contributed by atoms with E-state index in [1.54, 1.807) is 6.92 Å². The Kier molecular flexibility index (Phi) is 4.82. The normalized spacial score (nSPS) is 14.3. The van der Waals surface area contributed by atoms with Gasteiger partial charge in [-0.05, 0) is 47.2 Å². The summed E-state index contributed by atoms with van der Waals surface area (Å²) in [6, 6.07) is 7.41. The highest BCUT2D eigenvalue weighted by Gasteiger charge is 2.36. The number of hydrogen-bond donors (Lipinski definition) is 4. The molecule has 24 heavy (non-hydrogen) atoms. The highest BCUT2D eigenvalue weighted by Crippen LogP contribution is 2.43. The zero-order valence-corrected chi connectivity index (χ0v) is 12.7. The van der Waals surface area contributed by atoms with Crippen molar-refractivity contribution in [2.75, 3.05) is 0 Å². The summed E-state index contributed by atoms with van der Waals surface area (Å²) >= 11 is 0. The standard InChI is InChI=1S/C17H17F3O4/c1-9(10-2-4-13(21)15(23)6-10)12(8-17(18,19)20)11-3-5-14(22)16(24)7-11/h2-7,9,12,21-24H,8H2,1H3. The first-order valence-electron chi connectivity index (χ1n) is 7.19. The topological polar surface area (TPSA) is 80.9 Å². The average molecular weight is 342 g/mol. The van der Waals surface area contributed by atoms with Crippen LogP contribution in [0.3, 0.4) is 0 Å².